The van der Waals surface area contributed by atoms with E-state index >= 15 is 0 Å². The van der Waals surface area contributed by atoms with Crippen molar-refractivity contribution in [3.8, 4) is 0 Å². The molecule has 20 heavy (non-hydrogen) atoms. The zero-order valence-corrected chi connectivity index (χ0v) is 13.1. The van der Waals surface area contributed by atoms with Crippen molar-refractivity contribution in [1.82, 2.24) is 15.6 Å². The second-order valence-corrected chi connectivity index (χ2v) is 6.04. The molecule has 2 aromatic rings. The van der Waals surface area contributed by atoms with Crippen LogP contribution in [0.3, 0.4) is 0 Å². The predicted octanol–water partition coefficient (Wildman–Crippen LogP) is 2.97. The molecule has 0 spiro atoms. The van der Waals surface area contributed by atoms with Crippen LogP contribution in [0.25, 0.3) is 0 Å². The molecule has 0 unspecified atom stereocenters. The standard InChI is InChI=1S/C14H17ClN4S/c1-10-3-5-12(20-10)9-19-14(16-2)18-8-11-4-6-13(15)17-7-11/h3-7H,8-9H2,1-2H3,(H2,16,18,19). The van der Waals surface area contributed by atoms with E-state index in [-0.39, 0.29) is 0 Å². The zero-order valence-electron chi connectivity index (χ0n) is 11.5. The Morgan fingerprint density at radius 2 is 2.05 bits per heavy atom. The molecule has 0 amide bonds. The number of hydrogen-bond donors (Lipinski definition) is 2. The Hall–Kier alpha value is -1.59. The second-order valence-electron chi connectivity index (χ2n) is 4.28. The molecule has 0 aliphatic carbocycles. The Kier molecular flexibility index (Phi) is 5.38. The summed E-state index contributed by atoms with van der Waals surface area (Å²) in [5, 5.41) is 7.03. The molecule has 0 saturated heterocycles. The summed E-state index contributed by atoms with van der Waals surface area (Å²) in [5.74, 6) is 0.769. The Morgan fingerprint density at radius 3 is 2.65 bits per heavy atom. The van der Waals surface area contributed by atoms with Crippen LogP contribution in [0.15, 0.2) is 35.5 Å². The lowest BCUT2D eigenvalue weighted by atomic mass is 10.3. The highest BCUT2D eigenvalue weighted by molar-refractivity contribution is 7.11. The monoisotopic (exact) mass is 308 g/mol. The van der Waals surface area contributed by atoms with Crippen LogP contribution in [-0.2, 0) is 13.1 Å². The molecule has 0 saturated carbocycles. The van der Waals surface area contributed by atoms with Crippen molar-refractivity contribution in [3.63, 3.8) is 0 Å². The third-order valence-corrected chi connectivity index (χ3v) is 3.92. The van der Waals surface area contributed by atoms with E-state index in [1.807, 2.05) is 6.07 Å². The van der Waals surface area contributed by atoms with Crippen LogP contribution in [-0.4, -0.2) is 18.0 Å². The number of nitrogens with one attached hydrogen (secondary N) is 2. The summed E-state index contributed by atoms with van der Waals surface area (Å²) in [6.07, 6.45) is 1.76. The Balaban J connectivity index is 1.82. The average Bonchev–Trinajstić information content (AvgIpc) is 2.87. The Bertz CT molecular complexity index is 577. The minimum Gasteiger partial charge on any atom is -0.352 e. The van der Waals surface area contributed by atoms with Crippen LogP contribution in [0.5, 0.6) is 0 Å². The lowest BCUT2D eigenvalue weighted by molar-refractivity contribution is 0.813. The van der Waals surface area contributed by atoms with E-state index in [1.165, 1.54) is 9.75 Å². The lowest BCUT2D eigenvalue weighted by Crippen LogP contribution is -2.36. The number of aryl methyl sites for hydroxylation is 1. The van der Waals surface area contributed by atoms with Gasteiger partial charge in [0.2, 0.25) is 0 Å². The highest BCUT2D eigenvalue weighted by Gasteiger charge is 2.01. The van der Waals surface area contributed by atoms with E-state index in [0.717, 1.165) is 18.1 Å². The number of thiophene rings is 1. The van der Waals surface area contributed by atoms with Crippen molar-refractivity contribution in [2.75, 3.05) is 7.05 Å². The molecule has 0 bridgehead atoms. The number of nitrogens with zero attached hydrogens (tertiary/aromatic N) is 2. The fraction of sp³-hybridized carbons (Fsp3) is 0.286. The average molecular weight is 309 g/mol. The first-order chi connectivity index (χ1) is 9.67. The molecule has 2 heterocycles. The van der Waals surface area contributed by atoms with Crippen molar-refractivity contribution < 1.29 is 0 Å². The van der Waals surface area contributed by atoms with Crippen LogP contribution < -0.4 is 10.6 Å². The molecule has 0 aliphatic rings. The minimum atomic E-state index is 0.504. The van der Waals surface area contributed by atoms with Crippen molar-refractivity contribution >= 4 is 28.9 Å². The van der Waals surface area contributed by atoms with E-state index in [1.54, 1.807) is 30.6 Å². The van der Waals surface area contributed by atoms with E-state index in [0.29, 0.717) is 11.7 Å². The first kappa shape index (κ1) is 14.8. The highest BCUT2D eigenvalue weighted by Crippen LogP contribution is 2.14. The number of aliphatic imine (C=N–C) groups is 1. The van der Waals surface area contributed by atoms with Gasteiger partial charge in [0.1, 0.15) is 5.15 Å². The van der Waals surface area contributed by atoms with E-state index in [9.17, 15) is 0 Å². The van der Waals surface area contributed by atoms with Crippen LogP contribution in [0.2, 0.25) is 5.15 Å². The maximum atomic E-state index is 5.75. The number of halogens is 1. The SMILES string of the molecule is CN=C(NCc1ccc(Cl)nc1)NCc1ccc(C)s1. The van der Waals surface area contributed by atoms with Gasteiger partial charge in [-0.1, -0.05) is 17.7 Å². The summed E-state index contributed by atoms with van der Waals surface area (Å²) in [6, 6.07) is 7.97. The van der Waals surface area contributed by atoms with Crippen LogP contribution in [0.4, 0.5) is 0 Å². The second kappa shape index (κ2) is 7.26. The van der Waals surface area contributed by atoms with Crippen molar-refractivity contribution in [3.05, 3.63) is 50.9 Å². The van der Waals surface area contributed by atoms with Gasteiger partial charge in [-0.05, 0) is 30.7 Å². The highest BCUT2D eigenvalue weighted by atomic mass is 35.5. The molecule has 2 rings (SSSR count). The molecule has 2 aromatic heterocycles. The molecule has 0 atom stereocenters. The summed E-state index contributed by atoms with van der Waals surface area (Å²) in [4.78, 5) is 10.8. The van der Waals surface area contributed by atoms with Gasteiger partial charge in [0.05, 0.1) is 6.54 Å². The lowest BCUT2D eigenvalue weighted by Gasteiger charge is -2.11. The number of pyridine rings is 1. The third kappa shape index (κ3) is 4.51. The van der Waals surface area contributed by atoms with Gasteiger partial charge < -0.3 is 10.6 Å². The van der Waals surface area contributed by atoms with Crippen LogP contribution in [0.1, 0.15) is 15.3 Å². The first-order valence-corrected chi connectivity index (χ1v) is 7.47. The van der Waals surface area contributed by atoms with Crippen molar-refractivity contribution in [2.45, 2.75) is 20.0 Å². The maximum absolute atomic E-state index is 5.75. The molecule has 106 valence electrons. The van der Waals surface area contributed by atoms with E-state index in [4.69, 9.17) is 11.6 Å². The topological polar surface area (TPSA) is 49.3 Å². The van der Waals surface area contributed by atoms with Gasteiger partial charge in [0.25, 0.3) is 0 Å². The van der Waals surface area contributed by atoms with Gasteiger partial charge in [-0.25, -0.2) is 4.98 Å². The summed E-state index contributed by atoms with van der Waals surface area (Å²) >= 11 is 7.54. The number of guanidine groups is 1. The van der Waals surface area contributed by atoms with Crippen LogP contribution >= 0.6 is 22.9 Å². The smallest absolute Gasteiger partial charge is 0.191 e. The molecule has 2 N–H and O–H groups in total. The van der Waals surface area contributed by atoms with Crippen molar-refractivity contribution in [2.24, 2.45) is 4.99 Å². The molecule has 0 aliphatic heterocycles. The Labute approximate surface area is 127 Å². The largest absolute Gasteiger partial charge is 0.352 e. The maximum Gasteiger partial charge on any atom is 0.191 e. The van der Waals surface area contributed by atoms with E-state index < -0.39 is 0 Å². The quantitative estimate of drug-likeness (QED) is 0.519. The molecule has 0 aromatic carbocycles. The van der Waals surface area contributed by atoms with Crippen LogP contribution in [0, 0.1) is 6.92 Å². The summed E-state index contributed by atoms with van der Waals surface area (Å²) in [6.45, 7) is 3.54. The van der Waals surface area contributed by atoms with Gasteiger partial charge in [0, 0.05) is 29.5 Å². The zero-order chi connectivity index (χ0) is 14.4. The Morgan fingerprint density at radius 1 is 1.25 bits per heavy atom. The molecule has 4 nitrogen and oxygen atoms in total. The summed E-state index contributed by atoms with van der Waals surface area (Å²) in [7, 11) is 1.76. The van der Waals surface area contributed by atoms with Gasteiger partial charge in [-0.15, -0.1) is 11.3 Å². The van der Waals surface area contributed by atoms with Gasteiger partial charge in [-0.3, -0.25) is 4.99 Å². The van der Waals surface area contributed by atoms with Gasteiger partial charge in [-0.2, -0.15) is 0 Å². The van der Waals surface area contributed by atoms with Gasteiger partial charge >= 0.3 is 0 Å². The van der Waals surface area contributed by atoms with E-state index in [2.05, 4.69) is 39.7 Å². The fourth-order valence-corrected chi connectivity index (χ4v) is 2.61. The third-order valence-electron chi connectivity index (χ3n) is 2.70. The fourth-order valence-electron chi connectivity index (χ4n) is 1.67. The molecule has 6 heteroatoms. The molecular formula is C14H17ClN4S. The predicted molar refractivity (Wildman–Crippen MR) is 85.3 cm³/mol. The summed E-state index contributed by atoms with van der Waals surface area (Å²) < 4.78 is 0. The first-order valence-electron chi connectivity index (χ1n) is 6.27. The minimum absolute atomic E-state index is 0.504. The number of aromatic nitrogens is 1. The normalized spacial score (nSPS) is 11.4. The van der Waals surface area contributed by atoms with Crippen molar-refractivity contribution in [1.29, 1.82) is 0 Å². The molecule has 0 radical (unpaired) electrons. The molecule has 0 fully saturated rings. The summed E-state index contributed by atoms with van der Waals surface area (Å²) in [5.41, 5.74) is 1.06. The number of hydrogen-bond acceptors (Lipinski definition) is 3. The van der Waals surface area contributed by atoms with Gasteiger partial charge in [0.15, 0.2) is 5.96 Å². The molecular weight excluding hydrogens is 292 g/mol. The number of rotatable bonds is 4.